The van der Waals surface area contributed by atoms with Gasteiger partial charge in [-0.15, -0.1) is 0 Å². The number of hydrogen-bond acceptors (Lipinski definition) is 4. The third-order valence-electron chi connectivity index (χ3n) is 1.93. The summed E-state index contributed by atoms with van der Waals surface area (Å²) in [4.78, 5) is 33.6. The summed E-state index contributed by atoms with van der Waals surface area (Å²) in [6.07, 6.45) is 1.89. The van der Waals surface area contributed by atoms with Crippen LogP contribution >= 0.6 is 0 Å². The van der Waals surface area contributed by atoms with Crippen molar-refractivity contribution in [3.05, 3.63) is 42.5 Å². The second-order valence-corrected chi connectivity index (χ2v) is 3.39. The number of rotatable bonds is 4. The van der Waals surface area contributed by atoms with E-state index >= 15 is 0 Å². The standard InChI is InChI=1S/C13H14N2O4/c1-2-19-12(17)9-8-11(16)15-13(18)14-10-6-4-3-5-7-10/h3-9H,2H2,1H3,(H2,14,15,16,18)/b9-8+. The number of nitrogens with one attached hydrogen (secondary N) is 2. The van der Waals surface area contributed by atoms with Gasteiger partial charge >= 0.3 is 12.0 Å². The fourth-order valence-electron chi connectivity index (χ4n) is 1.17. The highest BCUT2D eigenvalue weighted by atomic mass is 16.5. The molecule has 0 radical (unpaired) electrons. The Balaban J connectivity index is 2.40. The summed E-state index contributed by atoms with van der Waals surface area (Å²) in [6, 6.07) is 7.98. The van der Waals surface area contributed by atoms with Gasteiger partial charge in [0, 0.05) is 17.8 Å². The molecule has 2 N–H and O–H groups in total. The van der Waals surface area contributed by atoms with Crippen LogP contribution in [-0.4, -0.2) is 24.5 Å². The molecule has 3 amide bonds. The smallest absolute Gasteiger partial charge is 0.330 e. The van der Waals surface area contributed by atoms with Gasteiger partial charge in [-0.25, -0.2) is 9.59 Å². The van der Waals surface area contributed by atoms with Crippen LogP contribution in [0.4, 0.5) is 10.5 Å². The first-order valence-electron chi connectivity index (χ1n) is 5.63. The van der Waals surface area contributed by atoms with Gasteiger partial charge in [0.1, 0.15) is 0 Å². The zero-order valence-corrected chi connectivity index (χ0v) is 10.4. The lowest BCUT2D eigenvalue weighted by Gasteiger charge is -2.04. The first kappa shape index (κ1) is 14.4. The van der Waals surface area contributed by atoms with Crippen molar-refractivity contribution < 1.29 is 19.1 Å². The van der Waals surface area contributed by atoms with Crippen molar-refractivity contribution in [2.75, 3.05) is 11.9 Å². The number of imide groups is 1. The Morgan fingerprint density at radius 3 is 2.47 bits per heavy atom. The molecule has 1 aromatic carbocycles. The number of hydrogen-bond donors (Lipinski definition) is 2. The molecule has 6 nitrogen and oxygen atoms in total. The van der Waals surface area contributed by atoms with Gasteiger partial charge in [0.15, 0.2) is 0 Å². The lowest BCUT2D eigenvalue weighted by molar-refractivity contribution is -0.137. The Labute approximate surface area is 110 Å². The van der Waals surface area contributed by atoms with Crippen molar-refractivity contribution >= 4 is 23.6 Å². The quantitative estimate of drug-likeness (QED) is 0.635. The maximum absolute atomic E-state index is 11.4. The predicted molar refractivity (Wildman–Crippen MR) is 69.4 cm³/mol. The van der Waals surface area contributed by atoms with Crippen molar-refractivity contribution in [3.8, 4) is 0 Å². The van der Waals surface area contributed by atoms with Gasteiger partial charge in [0.25, 0.3) is 5.91 Å². The van der Waals surface area contributed by atoms with E-state index in [0.29, 0.717) is 5.69 Å². The van der Waals surface area contributed by atoms with Crippen molar-refractivity contribution in [2.24, 2.45) is 0 Å². The molecule has 0 atom stereocenters. The van der Waals surface area contributed by atoms with Crippen LogP contribution in [0, 0.1) is 0 Å². The number of anilines is 1. The molecular weight excluding hydrogens is 248 g/mol. The van der Waals surface area contributed by atoms with Crippen LogP contribution in [0.25, 0.3) is 0 Å². The van der Waals surface area contributed by atoms with E-state index < -0.39 is 17.9 Å². The first-order chi connectivity index (χ1) is 9.11. The van der Waals surface area contributed by atoms with Crippen LogP contribution in [0.5, 0.6) is 0 Å². The SMILES string of the molecule is CCOC(=O)/C=C/C(=O)NC(=O)Nc1ccccc1. The van der Waals surface area contributed by atoms with Gasteiger partial charge in [-0.2, -0.15) is 0 Å². The van der Waals surface area contributed by atoms with Gasteiger partial charge in [-0.1, -0.05) is 18.2 Å². The fraction of sp³-hybridized carbons (Fsp3) is 0.154. The van der Waals surface area contributed by atoms with Crippen molar-refractivity contribution in [1.29, 1.82) is 0 Å². The molecule has 0 bridgehead atoms. The minimum Gasteiger partial charge on any atom is -0.463 e. The third kappa shape index (κ3) is 6.02. The fourth-order valence-corrected chi connectivity index (χ4v) is 1.17. The summed E-state index contributed by atoms with van der Waals surface area (Å²) in [5.74, 6) is -1.34. The minimum absolute atomic E-state index is 0.222. The Morgan fingerprint density at radius 1 is 1.16 bits per heavy atom. The molecule has 1 aromatic rings. The van der Waals surface area contributed by atoms with E-state index in [1.54, 1.807) is 37.3 Å². The normalized spacial score (nSPS) is 9.95. The van der Waals surface area contributed by atoms with Gasteiger partial charge in [0.05, 0.1) is 6.61 Å². The average Bonchev–Trinajstić information content (AvgIpc) is 2.38. The van der Waals surface area contributed by atoms with Crippen LogP contribution in [0.3, 0.4) is 0 Å². The molecule has 0 saturated carbocycles. The van der Waals surface area contributed by atoms with Gasteiger partial charge < -0.3 is 10.1 Å². The number of esters is 1. The summed E-state index contributed by atoms with van der Waals surface area (Å²) in [7, 11) is 0. The van der Waals surface area contributed by atoms with Gasteiger partial charge in [0.2, 0.25) is 0 Å². The molecule has 0 fully saturated rings. The molecule has 0 saturated heterocycles. The Hall–Kier alpha value is -2.63. The van der Waals surface area contributed by atoms with Crippen LogP contribution in [0.15, 0.2) is 42.5 Å². The van der Waals surface area contributed by atoms with E-state index in [-0.39, 0.29) is 6.61 Å². The monoisotopic (exact) mass is 262 g/mol. The van der Waals surface area contributed by atoms with E-state index in [1.165, 1.54) is 0 Å². The molecule has 0 unspecified atom stereocenters. The molecule has 0 heterocycles. The summed E-state index contributed by atoms with van der Waals surface area (Å²) >= 11 is 0. The predicted octanol–water partition coefficient (Wildman–Crippen LogP) is 1.45. The first-order valence-corrected chi connectivity index (χ1v) is 5.63. The van der Waals surface area contributed by atoms with E-state index in [2.05, 4.69) is 10.1 Å². The summed E-state index contributed by atoms with van der Waals surface area (Å²) < 4.78 is 4.59. The lowest BCUT2D eigenvalue weighted by atomic mass is 10.3. The van der Waals surface area contributed by atoms with Gasteiger partial charge in [-0.05, 0) is 19.1 Å². The number of ether oxygens (including phenoxy) is 1. The van der Waals surface area contributed by atoms with E-state index in [0.717, 1.165) is 12.2 Å². The maximum atomic E-state index is 11.4. The van der Waals surface area contributed by atoms with Crippen molar-refractivity contribution in [3.63, 3.8) is 0 Å². The molecule has 6 heteroatoms. The minimum atomic E-state index is -0.707. The largest absolute Gasteiger partial charge is 0.463 e. The number of benzene rings is 1. The molecule has 0 aliphatic rings. The molecule has 0 spiro atoms. The zero-order chi connectivity index (χ0) is 14.1. The molecule has 100 valence electrons. The second kappa shape index (κ2) is 7.65. The highest BCUT2D eigenvalue weighted by Gasteiger charge is 2.05. The van der Waals surface area contributed by atoms with E-state index in [4.69, 9.17) is 0 Å². The summed E-state index contributed by atoms with van der Waals surface area (Å²) in [5, 5.41) is 4.51. The Morgan fingerprint density at radius 2 is 1.84 bits per heavy atom. The summed E-state index contributed by atoms with van der Waals surface area (Å²) in [5.41, 5.74) is 0.558. The zero-order valence-electron chi connectivity index (χ0n) is 10.4. The number of carbonyl (C=O) groups excluding carboxylic acids is 3. The molecule has 0 aliphatic carbocycles. The maximum Gasteiger partial charge on any atom is 0.330 e. The lowest BCUT2D eigenvalue weighted by Crippen LogP contribution is -2.33. The second-order valence-electron chi connectivity index (χ2n) is 3.39. The number of carbonyl (C=O) groups is 3. The average molecular weight is 262 g/mol. The van der Waals surface area contributed by atoms with Crippen LogP contribution in [0.2, 0.25) is 0 Å². The van der Waals surface area contributed by atoms with Crippen LogP contribution in [-0.2, 0) is 14.3 Å². The number of para-hydroxylation sites is 1. The third-order valence-corrected chi connectivity index (χ3v) is 1.93. The van der Waals surface area contributed by atoms with E-state index in [9.17, 15) is 14.4 Å². The topological polar surface area (TPSA) is 84.5 Å². The van der Waals surface area contributed by atoms with Crippen LogP contribution < -0.4 is 10.6 Å². The Bertz CT molecular complexity index is 483. The summed E-state index contributed by atoms with van der Waals surface area (Å²) in [6.45, 7) is 1.87. The van der Waals surface area contributed by atoms with Crippen LogP contribution in [0.1, 0.15) is 6.92 Å². The molecule has 19 heavy (non-hydrogen) atoms. The number of urea groups is 1. The number of amides is 3. The molecule has 1 rings (SSSR count). The van der Waals surface area contributed by atoms with E-state index in [1.807, 2.05) is 5.32 Å². The van der Waals surface area contributed by atoms with Crippen molar-refractivity contribution in [2.45, 2.75) is 6.92 Å². The van der Waals surface area contributed by atoms with Crippen molar-refractivity contribution in [1.82, 2.24) is 5.32 Å². The Kier molecular flexibility index (Phi) is 5.81. The highest BCUT2D eigenvalue weighted by molar-refractivity contribution is 6.06. The molecule has 0 aromatic heterocycles. The highest BCUT2D eigenvalue weighted by Crippen LogP contribution is 2.03. The molecule has 0 aliphatic heterocycles. The molecular formula is C13H14N2O4. The van der Waals surface area contributed by atoms with Gasteiger partial charge in [-0.3, -0.25) is 10.1 Å².